The van der Waals surface area contributed by atoms with E-state index in [1.54, 1.807) is 7.11 Å². The molecular formula is C15H27NO3. The Bertz CT molecular complexity index is 321. The van der Waals surface area contributed by atoms with Crippen LogP contribution >= 0.6 is 0 Å². The molecule has 110 valence electrons. The molecule has 0 radical (unpaired) electrons. The van der Waals surface area contributed by atoms with Gasteiger partial charge in [-0.2, -0.15) is 0 Å². The van der Waals surface area contributed by atoms with Gasteiger partial charge in [0.25, 0.3) is 0 Å². The van der Waals surface area contributed by atoms with Crippen LogP contribution in [-0.4, -0.2) is 47.3 Å². The fourth-order valence-corrected chi connectivity index (χ4v) is 3.95. The third kappa shape index (κ3) is 2.95. The zero-order valence-electron chi connectivity index (χ0n) is 12.3. The zero-order chi connectivity index (χ0) is 14.0. The van der Waals surface area contributed by atoms with Crippen LogP contribution in [-0.2, 0) is 9.53 Å². The summed E-state index contributed by atoms with van der Waals surface area (Å²) in [5, 5.41) is 9.52. The smallest absolute Gasteiger partial charge is 0.320 e. The minimum absolute atomic E-state index is 0.0718. The Hall–Kier alpha value is -0.610. The molecule has 0 amide bonds. The van der Waals surface area contributed by atoms with E-state index in [1.807, 2.05) is 6.92 Å². The van der Waals surface area contributed by atoms with Gasteiger partial charge in [-0.15, -0.1) is 0 Å². The number of methoxy groups -OCH3 is 1. The van der Waals surface area contributed by atoms with E-state index in [9.17, 15) is 9.90 Å². The number of nitrogens with zero attached hydrogens (tertiary/aromatic N) is 1. The van der Waals surface area contributed by atoms with Gasteiger partial charge in [0.2, 0.25) is 0 Å². The quantitative estimate of drug-likeness (QED) is 0.852. The van der Waals surface area contributed by atoms with Crippen LogP contribution in [0.2, 0.25) is 0 Å². The van der Waals surface area contributed by atoms with Gasteiger partial charge < -0.3 is 9.84 Å². The lowest BCUT2D eigenvalue weighted by molar-refractivity contribution is -0.152. The molecule has 1 heterocycles. The van der Waals surface area contributed by atoms with Gasteiger partial charge in [0, 0.05) is 19.2 Å². The van der Waals surface area contributed by atoms with E-state index in [0.717, 1.165) is 19.3 Å². The van der Waals surface area contributed by atoms with Crippen LogP contribution in [0.15, 0.2) is 0 Å². The second kappa shape index (κ2) is 6.23. The number of piperidine rings is 1. The van der Waals surface area contributed by atoms with Crippen LogP contribution in [0.5, 0.6) is 0 Å². The van der Waals surface area contributed by atoms with Crippen molar-refractivity contribution in [1.82, 2.24) is 4.90 Å². The number of ether oxygens (including phenoxy) is 1. The van der Waals surface area contributed by atoms with Crippen LogP contribution < -0.4 is 0 Å². The first kappa shape index (κ1) is 14.8. The Morgan fingerprint density at radius 1 is 1.21 bits per heavy atom. The van der Waals surface area contributed by atoms with Gasteiger partial charge in [-0.3, -0.25) is 9.69 Å². The lowest BCUT2D eigenvalue weighted by Crippen LogP contribution is -2.60. The van der Waals surface area contributed by atoms with E-state index in [2.05, 4.69) is 11.8 Å². The molecule has 2 aliphatic rings. The van der Waals surface area contributed by atoms with Crippen LogP contribution in [0.3, 0.4) is 0 Å². The maximum Gasteiger partial charge on any atom is 0.320 e. The lowest BCUT2D eigenvalue weighted by Gasteiger charge is -2.50. The molecule has 1 saturated carbocycles. The number of carbonyl (C=O) groups is 1. The first-order valence-corrected chi connectivity index (χ1v) is 7.59. The van der Waals surface area contributed by atoms with E-state index in [-0.39, 0.29) is 18.2 Å². The molecule has 1 aliphatic heterocycles. The summed E-state index contributed by atoms with van der Waals surface area (Å²) in [5.41, 5.74) is 0. The largest absolute Gasteiger partial charge is 0.480 e. The topological polar surface area (TPSA) is 49.8 Å². The third-order valence-corrected chi connectivity index (χ3v) is 5.23. The molecule has 0 aromatic carbocycles. The van der Waals surface area contributed by atoms with Crippen molar-refractivity contribution < 1.29 is 14.6 Å². The summed E-state index contributed by atoms with van der Waals surface area (Å²) in [6, 6.07) is 0.278. The molecule has 0 aromatic heterocycles. The van der Waals surface area contributed by atoms with Gasteiger partial charge in [-0.1, -0.05) is 12.8 Å². The molecule has 1 N–H and O–H groups in total. The molecule has 5 atom stereocenters. The molecule has 1 aliphatic carbocycles. The number of likely N-dealkylation sites (tertiary alicyclic amines) is 1. The van der Waals surface area contributed by atoms with E-state index in [4.69, 9.17) is 4.74 Å². The number of carboxylic acid groups (broad SMARTS) is 1. The predicted octanol–water partition coefficient (Wildman–Crippen LogP) is 2.52. The predicted molar refractivity (Wildman–Crippen MR) is 74.2 cm³/mol. The molecule has 0 spiro atoms. The average Bonchev–Trinajstić information content (AvgIpc) is 2.44. The first-order chi connectivity index (χ1) is 9.06. The van der Waals surface area contributed by atoms with Gasteiger partial charge in [0.05, 0.1) is 6.10 Å². The van der Waals surface area contributed by atoms with Crippen LogP contribution in [0, 0.1) is 5.92 Å². The Balaban J connectivity index is 2.21. The van der Waals surface area contributed by atoms with Crippen molar-refractivity contribution in [2.45, 2.75) is 76.6 Å². The molecule has 4 heteroatoms. The summed E-state index contributed by atoms with van der Waals surface area (Å²) in [7, 11) is 1.71. The average molecular weight is 269 g/mol. The Kier molecular flexibility index (Phi) is 4.85. The maximum absolute atomic E-state index is 11.6. The number of rotatable bonds is 4. The standard InChI is InChI=1S/C15H27NO3/c1-10(11(2)19-3)16-13-7-5-4-6-12(13)8-9-14(16)15(17)18/h10-14H,4-9H2,1-3H3,(H,17,18). The summed E-state index contributed by atoms with van der Waals surface area (Å²) in [6.07, 6.45) is 6.89. The van der Waals surface area contributed by atoms with Gasteiger partial charge in [0.1, 0.15) is 6.04 Å². The highest BCUT2D eigenvalue weighted by molar-refractivity contribution is 5.73. The molecular weight excluding hydrogens is 242 g/mol. The molecule has 2 fully saturated rings. The highest BCUT2D eigenvalue weighted by atomic mass is 16.5. The van der Waals surface area contributed by atoms with Crippen LogP contribution in [0.4, 0.5) is 0 Å². The second-order valence-corrected chi connectivity index (χ2v) is 6.17. The zero-order valence-corrected chi connectivity index (χ0v) is 12.3. The Labute approximate surface area is 116 Å². The number of carboxylic acids is 1. The monoisotopic (exact) mass is 269 g/mol. The molecule has 0 aromatic rings. The molecule has 0 bridgehead atoms. The van der Waals surface area contributed by atoms with Crippen LogP contribution in [0.1, 0.15) is 52.4 Å². The highest BCUT2D eigenvalue weighted by Gasteiger charge is 2.44. The highest BCUT2D eigenvalue weighted by Crippen LogP contribution is 2.39. The van der Waals surface area contributed by atoms with Crippen molar-refractivity contribution in [3.63, 3.8) is 0 Å². The van der Waals surface area contributed by atoms with Crippen molar-refractivity contribution in [3.8, 4) is 0 Å². The van der Waals surface area contributed by atoms with Crippen molar-refractivity contribution in [2.24, 2.45) is 5.92 Å². The second-order valence-electron chi connectivity index (χ2n) is 6.17. The fraction of sp³-hybridized carbons (Fsp3) is 0.933. The summed E-state index contributed by atoms with van der Waals surface area (Å²) in [4.78, 5) is 13.8. The first-order valence-electron chi connectivity index (χ1n) is 7.59. The summed E-state index contributed by atoms with van der Waals surface area (Å²) >= 11 is 0. The SMILES string of the molecule is COC(C)C(C)N1C(C(=O)O)CCC2CCCCC21. The minimum atomic E-state index is -0.667. The van der Waals surface area contributed by atoms with Crippen molar-refractivity contribution in [1.29, 1.82) is 0 Å². The third-order valence-electron chi connectivity index (χ3n) is 5.23. The van der Waals surface area contributed by atoms with Crippen LogP contribution in [0.25, 0.3) is 0 Å². The summed E-state index contributed by atoms with van der Waals surface area (Å²) < 4.78 is 5.44. The number of hydrogen-bond acceptors (Lipinski definition) is 3. The van der Waals surface area contributed by atoms with Crippen molar-refractivity contribution in [3.05, 3.63) is 0 Å². The normalized spacial score (nSPS) is 35.4. The Morgan fingerprint density at radius 2 is 1.89 bits per heavy atom. The van der Waals surface area contributed by atoms with Crippen molar-refractivity contribution >= 4 is 5.97 Å². The van der Waals surface area contributed by atoms with E-state index in [0.29, 0.717) is 12.0 Å². The van der Waals surface area contributed by atoms with Gasteiger partial charge in [0.15, 0.2) is 0 Å². The summed E-state index contributed by atoms with van der Waals surface area (Å²) in [5.74, 6) is 0.0232. The molecule has 4 nitrogen and oxygen atoms in total. The molecule has 1 saturated heterocycles. The maximum atomic E-state index is 11.6. The van der Waals surface area contributed by atoms with Crippen molar-refractivity contribution in [2.75, 3.05) is 7.11 Å². The van der Waals surface area contributed by atoms with Gasteiger partial charge in [-0.25, -0.2) is 0 Å². The summed E-state index contributed by atoms with van der Waals surface area (Å²) in [6.45, 7) is 4.15. The molecule has 5 unspecified atom stereocenters. The van der Waals surface area contributed by atoms with E-state index < -0.39 is 5.97 Å². The van der Waals surface area contributed by atoms with Gasteiger partial charge >= 0.3 is 5.97 Å². The number of fused-ring (bicyclic) bond motifs is 1. The van der Waals surface area contributed by atoms with E-state index >= 15 is 0 Å². The van der Waals surface area contributed by atoms with E-state index in [1.165, 1.54) is 19.3 Å². The van der Waals surface area contributed by atoms with Gasteiger partial charge in [-0.05, 0) is 45.4 Å². The molecule has 2 rings (SSSR count). The number of hydrogen-bond donors (Lipinski definition) is 1. The fourth-order valence-electron chi connectivity index (χ4n) is 3.95. The molecule has 19 heavy (non-hydrogen) atoms. The minimum Gasteiger partial charge on any atom is -0.480 e. The lowest BCUT2D eigenvalue weighted by atomic mass is 9.75. The number of aliphatic carboxylic acids is 1. The Morgan fingerprint density at radius 3 is 2.53 bits per heavy atom.